The molecule has 54 heavy (non-hydrogen) atoms. The summed E-state index contributed by atoms with van der Waals surface area (Å²) in [6, 6.07) is 60.3. The number of para-hydroxylation sites is 1. The number of rotatable bonds is 5. The van der Waals surface area contributed by atoms with Crippen LogP contribution in [0.4, 0.5) is 17.1 Å². The maximum absolute atomic E-state index is 6.40. The van der Waals surface area contributed by atoms with E-state index in [4.69, 9.17) is 13.8 Å². The van der Waals surface area contributed by atoms with Gasteiger partial charge in [0.15, 0.2) is 5.58 Å². The fourth-order valence-electron chi connectivity index (χ4n) is 8.52. The van der Waals surface area contributed by atoms with Crippen molar-refractivity contribution in [2.45, 2.75) is 19.3 Å². The molecule has 0 saturated carbocycles. The Labute approximate surface area is 312 Å². The number of hydrogen-bond acceptors (Lipinski definition) is 4. The molecule has 4 nitrogen and oxygen atoms in total. The first kappa shape index (κ1) is 30.7. The summed E-state index contributed by atoms with van der Waals surface area (Å²) in [6.07, 6.45) is 0. The monoisotopic (exact) mass is 694 g/mol. The van der Waals surface area contributed by atoms with Gasteiger partial charge < -0.3 is 13.7 Å². The SMILES string of the molecule is CC1(C)c2ccccc2-c2ccc(N(c3ccc(-c4ccc5ccc6nc(-c7ccccc7)oc6c5c4)cc3)c3ccc4oc5ccccc5c4c3)cc21. The highest BCUT2D eigenvalue weighted by atomic mass is 16.3. The van der Waals surface area contributed by atoms with Crippen LogP contribution in [0.25, 0.3) is 77.5 Å². The van der Waals surface area contributed by atoms with Gasteiger partial charge in [-0.25, -0.2) is 4.98 Å². The molecule has 8 aromatic carbocycles. The van der Waals surface area contributed by atoms with E-state index in [1.54, 1.807) is 0 Å². The number of furan rings is 1. The Morgan fingerprint density at radius 1 is 0.463 bits per heavy atom. The van der Waals surface area contributed by atoms with Gasteiger partial charge in [0.05, 0.1) is 0 Å². The minimum atomic E-state index is -0.116. The van der Waals surface area contributed by atoms with E-state index in [0.29, 0.717) is 5.89 Å². The first-order valence-corrected chi connectivity index (χ1v) is 18.4. The predicted octanol–water partition coefficient (Wildman–Crippen LogP) is 14.0. The van der Waals surface area contributed by atoms with Crippen LogP contribution in [0.1, 0.15) is 25.0 Å². The van der Waals surface area contributed by atoms with E-state index in [0.717, 1.165) is 77.6 Å². The zero-order chi connectivity index (χ0) is 36.0. The summed E-state index contributed by atoms with van der Waals surface area (Å²) in [5.41, 5.74) is 15.1. The molecule has 0 N–H and O–H groups in total. The van der Waals surface area contributed by atoms with Gasteiger partial charge in [-0.2, -0.15) is 0 Å². The zero-order valence-electron chi connectivity index (χ0n) is 29.9. The zero-order valence-corrected chi connectivity index (χ0v) is 29.9. The van der Waals surface area contributed by atoms with Gasteiger partial charge in [0, 0.05) is 44.2 Å². The first-order valence-electron chi connectivity index (χ1n) is 18.4. The van der Waals surface area contributed by atoms with E-state index < -0.39 is 0 Å². The molecule has 0 unspecified atom stereocenters. The normalized spacial score (nSPS) is 13.1. The van der Waals surface area contributed by atoms with Crippen molar-refractivity contribution in [2.75, 3.05) is 4.90 Å². The van der Waals surface area contributed by atoms with E-state index in [1.165, 1.54) is 22.3 Å². The molecule has 10 aromatic rings. The lowest BCUT2D eigenvalue weighted by atomic mass is 9.82. The molecule has 1 aliphatic rings. The number of nitrogens with zero attached hydrogens (tertiary/aromatic N) is 2. The molecule has 0 bridgehead atoms. The first-order chi connectivity index (χ1) is 26.5. The average Bonchev–Trinajstić information content (AvgIpc) is 3.89. The molecule has 0 saturated heterocycles. The Bertz CT molecular complexity index is 3080. The van der Waals surface area contributed by atoms with Crippen molar-refractivity contribution in [3.63, 3.8) is 0 Å². The maximum Gasteiger partial charge on any atom is 0.227 e. The minimum absolute atomic E-state index is 0.116. The van der Waals surface area contributed by atoms with Crippen molar-refractivity contribution in [2.24, 2.45) is 0 Å². The molecule has 0 fully saturated rings. The van der Waals surface area contributed by atoms with E-state index in [9.17, 15) is 0 Å². The van der Waals surface area contributed by atoms with Gasteiger partial charge in [-0.15, -0.1) is 0 Å². The Hall–Kier alpha value is -6.91. The molecule has 0 atom stereocenters. The predicted molar refractivity (Wildman–Crippen MR) is 222 cm³/mol. The second-order valence-corrected chi connectivity index (χ2v) is 14.8. The van der Waals surface area contributed by atoms with Crippen molar-refractivity contribution in [1.82, 2.24) is 4.98 Å². The highest BCUT2D eigenvalue weighted by Crippen LogP contribution is 2.51. The van der Waals surface area contributed by atoms with Crippen LogP contribution in [-0.2, 0) is 5.41 Å². The quantitative estimate of drug-likeness (QED) is 0.180. The Kier molecular flexibility index (Phi) is 6.56. The topological polar surface area (TPSA) is 42.4 Å². The van der Waals surface area contributed by atoms with Gasteiger partial charge in [-0.1, -0.05) is 111 Å². The van der Waals surface area contributed by atoms with Crippen LogP contribution < -0.4 is 4.90 Å². The lowest BCUT2D eigenvalue weighted by molar-refractivity contribution is 0.623. The molecule has 4 heteroatoms. The largest absolute Gasteiger partial charge is 0.456 e. The lowest BCUT2D eigenvalue weighted by Crippen LogP contribution is -2.16. The van der Waals surface area contributed by atoms with Crippen LogP contribution in [-0.4, -0.2) is 4.98 Å². The number of aromatic nitrogens is 1. The van der Waals surface area contributed by atoms with Crippen LogP contribution in [0.5, 0.6) is 0 Å². The molecule has 1 aliphatic carbocycles. The number of anilines is 3. The summed E-state index contributed by atoms with van der Waals surface area (Å²) in [5.74, 6) is 0.633. The highest BCUT2D eigenvalue weighted by molar-refractivity contribution is 6.07. The van der Waals surface area contributed by atoms with Gasteiger partial charge in [0.25, 0.3) is 0 Å². The van der Waals surface area contributed by atoms with Crippen molar-refractivity contribution in [3.05, 3.63) is 181 Å². The molecule has 2 aromatic heterocycles. The van der Waals surface area contributed by atoms with Crippen LogP contribution in [0.3, 0.4) is 0 Å². The molecule has 11 rings (SSSR count). The molecule has 0 radical (unpaired) electrons. The lowest BCUT2D eigenvalue weighted by Gasteiger charge is -2.28. The summed E-state index contributed by atoms with van der Waals surface area (Å²) >= 11 is 0. The molecule has 256 valence electrons. The van der Waals surface area contributed by atoms with Crippen molar-refractivity contribution in [3.8, 4) is 33.7 Å². The summed E-state index contributed by atoms with van der Waals surface area (Å²) in [7, 11) is 0. The highest BCUT2D eigenvalue weighted by Gasteiger charge is 2.35. The standard InChI is InChI=1S/C50H34N2O2/c1-50(2)43-14-8-6-12-38(43)39-25-23-37(30-44(39)50)52(36-24-27-47-42(29-36)40-13-7-9-15-46(40)53-47)35-21-18-31(19-22-35)34-17-16-32-20-26-45-48(41(32)28-34)54-49(51-45)33-10-4-3-5-11-33/h3-30H,1-2H3. The van der Waals surface area contributed by atoms with E-state index in [1.807, 2.05) is 48.5 Å². The van der Waals surface area contributed by atoms with E-state index in [-0.39, 0.29) is 5.41 Å². The number of hydrogen-bond donors (Lipinski definition) is 0. The molecular weight excluding hydrogens is 661 g/mol. The van der Waals surface area contributed by atoms with Gasteiger partial charge in [-0.05, 0) is 112 Å². The third kappa shape index (κ3) is 4.66. The molecule has 0 amide bonds. The third-order valence-electron chi connectivity index (χ3n) is 11.3. The number of fused-ring (bicyclic) bond motifs is 9. The summed E-state index contributed by atoms with van der Waals surface area (Å²) < 4.78 is 12.6. The van der Waals surface area contributed by atoms with E-state index in [2.05, 4.69) is 140 Å². The van der Waals surface area contributed by atoms with Crippen LogP contribution in [0.15, 0.2) is 179 Å². The Balaban J connectivity index is 1.03. The summed E-state index contributed by atoms with van der Waals surface area (Å²) in [4.78, 5) is 7.19. The molecule has 2 heterocycles. The summed E-state index contributed by atoms with van der Waals surface area (Å²) in [6.45, 7) is 4.67. The van der Waals surface area contributed by atoms with Crippen LogP contribution >= 0.6 is 0 Å². The minimum Gasteiger partial charge on any atom is -0.456 e. The van der Waals surface area contributed by atoms with Gasteiger partial charge in [0.2, 0.25) is 5.89 Å². The van der Waals surface area contributed by atoms with E-state index >= 15 is 0 Å². The van der Waals surface area contributed by atoms with Crippen LogP contribution in [0, 0.1) is 0 Å². The van der Waals surface area contributed by atoms with Crippen molar-refractivity contribution >= 4 is 60.9 Å². The van der Waals surface area contributed by atoms with Crippen LogP contribution in [0.2, 0.25) is 0 Å². The van der Waals surface area contributed by atoms with Crippen molar-refractivity contribution < 1.29 is 8.83 Å². The second kappa shape index (κ2) is 11.5. The molecule has 0 spiro atoms. The van der Waals surface area contributed by atoms with Gasteiger partial charge in [-0.3, -0.25) is 0 Å². The van der Waals surface area contributed by atoms with Crippen molar-refractivity contribution in [1.29, 1.82) is 0 Å². The Morgan fingerprint density at radius 3 is 2.04 bits per heavy atom. The summed E-state index contributed by atoms with van der Waals surface area (Å²) in [5, 5.41) is 4.38. The van der Waals surface area contributed by atoms with Gasteiger partial charge in [0.1, 0.15) is 16.7 Å². The maximum atomic E-state index is 6.40. The average molecular weight is 695 g/mol. The Morgan fingerprint density at radius 2 is 1.15 bits per heavy atom. The third-order valence-corrected chi connectivity index (χ3v) is 11.3. The second-order valence-electron chi connectivity index (χ2n) is 14.8. The molecule has 0 aliphatic heterocycles. The van der Waals surface area contributed by atoms with Gasteiger partial charge >= 0.3 is 0 Å². The number of oxazole rings is 1. The smallest absolute Gasteiger partial charge is 0.227 e. The fraction of sp³-hybridized carbons (Fsp3) is 0.0600. The fourth-order valence-corrected chi connectivity index (χ4v) is 8.52. The number of benzene rings is 8. The molecular formula is C50H34N2O2.